The van der Waals surface area contributed by atoms with Crippen molar-refractivity contribution in [2.24, 2.45) is 0 Å². The van der Waals surface area contributed by atoms with Crippen molar-refractivity contribution in [2.75, 3.05) is 57.9 Å². The minimum atomic E-state index is -0.264. The first-order valence-corrected chi connectivity index (χ1v) is 11.0. The second-order valence-corrected chi connectivity index (χ2v) is 7.65. The van der Waals surface area contributed by atoms with Crippen LogP contribution in [0.15, 0.2) is 35.1 Å². The maximum absolute atomic E-state index is 12.6. The summed E-state index contributed by atoms with van der Waals surface area (Å²) >= 11 is 0. The molecule has 10 heteroatoms. The lowest BCUT2D eigenvalue weighted by Gasteiger charge is -2.14. The molecule has 0 fully saturated rings. The summed E-state index contributed by atoms with van der Waals surface area (Å²) in [6.07, 6.45) is 0. The van der Waals surface area contributed by atoms with E-state index in [0.717, 1.165) is 16.6 Å². The molecule has 0 saturated carbocycles. The molecule has 2 aromatic heterocycles. The molecule has 33 heavy (non-hydrogen) atoms. The number of anilines is 1. The van der Waals surface area contributed by atoms with Gasteiger partial charge in [-0.15, -0.1) is 0 Å². The molecule has 2 aromatic carbocycles. The Morgan fingerprint density at radius 1 is 0.939 bits per heavy atom. The van der Waals surface area contributed by atoms with Crippen molar-refractivity contribution in [3.05, 3.63) is 46.2 Å². The molecule has 2 heterocycles. The van der Waals surface area contributed by atoms with Gasteiger partial charge in [0.2, 0.25) is 0 Å². The number of aliphatic hydroxyl groups is 2. The van der Waals surface area contributed by atoms with E-state index < -0.39 is 0 Å². The quantitative estimate of drug-likeness (QED) is 0.124. The van der Waals surface area contributed by atoms with E-state index in [9.17, 15) is 9.90 Å². The fourth-order valence-corrected chi connectivity index (χ4v) is 4.03. The van der Waals surface area contributed by atoms with Crippen LogP contribution < -0.4 is 21.4 Å². The summed E-state index contributed by atoms with van der Waals surface area (Å²) in [5, 5.41) is 45.0. The molecule has 0 bridgehead atoms. The van der Waals surface area contributed by atoms with Crippen LogP contribution in [0.5, 0.6) is 5.75 Å². The molecule has 4 aromatic rings. The van der Waals surface area contributed by atoms with E-state index in [4.69, 9.17) is 20.0 Å². The molecule has 6 N–H and O–H groups in total. The van der Waals surface area contributed by atoms with Gasteiger partial charge < -0.3 is 36.0 Å². The zero-order valence-corrected chi connectivity index (χ0v) is 18.3. The molecule has 0 aliphatic rings. The minimum absolute atomic E-state index is 0.00715. The summed E-state index contributed by atoms with van der Waals surface area (Å²) < 4.78 is 7.01. The third kappa shape index (κ3) is 4.70. The van der Waals surface area contributed by atoms with E-state index >= 15 is 0 Å². The van der Waals surface area contributed by atoms with Crippen LogP contribution in [0.25, 0.3) is 27.2 Å². The summed E-state index contributed by atoms with van der Waals surface area (Å²) in [7, 11) is 0. The largest absolute Gasteiger partial charge is 0.506 e. The normalized spacial score (nSPS) is 11.8. The van der Waals surface area contributed by atoms with Crippen LogP contribution in [0, 0.1) is 0 Å². The molecule has 176 valence electrons. The first kappa shape index (κ1) is 23.1. The Kier molecular flexibility index (Phi) is 7.53. The summed E-state index contributed by atoms with van der Waals surface area (Å²) in [5.74, 6) is -0.0590. The summed E-state index contributed by atoms with van der Waals surface area (Å²) in [4.78, 5) is 12.6. The fourth-order valence-electron chi connectivity index (χ4n) is 4.03. The standard InChI is InChI=1S/C23H29N5O5/c29-10-8-24-6-7-26-16-5-4-15-17(14-25-9-12-33-13-11-30)27-28-18-2-1-3-19(31)21(18)23(32)20(16)22(15)28/h1-5,24-26,29-30,32H,6-14H2. The zero-order valence-electron chi connectivity index (χ0n) is 18.3. The highest BCUT2D eigenvalue weighted by atomic mass is 16.5. The van der Waals surface area contributed by atoms with Gasteiger partial charge in [-0.2, -0.15) is 5.10 Å². The number of nitrogens with one attached hydrogen (secondary N) is 3. The molecule has 0 aliphatic carbocycles. The number of benzene rings is 2. The number of hydrogen-bond donors (Lipinski definition) is 6. The number of aromatic nitrogens is 2. The van der Waals surface area contributed by atoms with E-state index in [2.05, 4.69) is 16.0 Å². The maximum Gasteiger partial charge on any atom is 0.191 e. The monoisotopic (exact) mass is 455 g/mol. The van der Waals surface area contributed by atoms with Crippen LogP contribution in [0.4, 0.5) is 5.69 Å². The van der Waals surface area contributed by atoms with Gasteiger partial charge in [0.25, 0.3) is 0 Å². The van der Waals surface area contributed by atoms with Gasteiger partial charge in [-0.05, 0) is 24.3 Å². The van der Waals surface area contributed by atoms with Gasteiger partial charge >= 0.3 is 0 Å². The second kappa shape index (κ2) is 10.7. The predicted octanol–water partition coefficient (Wildman–Crippen LogP) is 0.237. The Hall–Kier alpha value is -3.02. The first-order valence-electron chi connectivity index (χ1n) is 11.0. The van der Waals surface area contributed by atoms with E-state index in [1.54, 1.807) is 16.6 Å². The Bertz CT molecular complexity index is 1280. The number of aliphatic hydroxyl groups excluding tert-OH is 2. The molecule has 0 radical (unpaired) electrons. The van der Waals surface area contributed by atoms with Crippen molar-refractivity contribution in [3.63, 3.8) is 0 Å². The lowest BCUT2D eigenvalue weighted by Crippen LogP contribution is -2.24. The lowest BCUT2D eigenvalue weighted by atomic mass is 10.0. The van der Waals surface area contributed by atoms with Crippen LogP contribution in [-0.4, -0.2) is 77.5 Å². The summed E-state index contributed by atoms with van der Waals surface area (Å²) in [6.45, 7) is 3.63. The number of rotatable bonds is 13. The Labute approximate surface area is 190 Å². The molecule has 10 nitrogen and oxygen atoms in total. The van der Waals surface area contributed by atoms with E-state index in [-0.39, 0.29) is 29.8 Å². The van der Waals surface area contributed by atoms with E-state index in [0.29, 0.717) is 62.5 Å². The second-order valence-electron chi connectivity index (χ2n) is 7.65. The fraction of sp³-hybridized carbons (Fsp3) is 0.391. The average Bonchev–Trinajstić information content (AvgIpc) is 3.19. The Balaban J connectivity index is 1.73. The minimum Gasteiger partial charge on any atom is -0.506 e. The smallest absolute Gasteiger partial charge is 0.191 e. The van der Waals surface area contributed by atoms with Gasteiger partial charge in [-0.3, -0.25) is 4.79 Å². The molecular weight excluding hydrogens is 426 g/mol. The van der Waals surface area contributed by atoms with Gasteiger partial charge in [-0.25, -0.2) is 4.52 Å². The number of pyridine rings is 1. The van der Waals surface area contributed by atoms with Gasteiger partial charge in [0.05, 0.1) is 53.9 Å². The molecule has 0 amide bonds. The van der Waals surface area contributed by atoms with Crippen molar-refractivity contribution >= 4 is 32.9 Å². The van der Waals surface area contributed by atoms with Gasteiger partial charge in [0.15, 0.2) is 5.43 Å². The predicted molar refractivity (Wildman–Crippen MR) is 127 cm³/mol. The average molecular weight is 456 g/mol. The molecule has 0 saturated heterocycles. The Morgan fingerprint density at radius 3 is 2.64 bits per heavy atom. The third-order valence-corrected chi connectivity index (χ3v) is 5.48. The number of aromatic hydroxyl groups is 1. The van der Waals surface area contributed by atoms with Crippen LogP contribution in [-0.2, 0) is 11.3 Å². The van der Waals surface area contributed by atoms with Crippen molar-refractivity contribution in [3.8, 4) is 5.75 Å². The molecule has 0 aliphatic heterocycles. The van der Waals surface area contributed by atoms with Crippen molar-refractivity contribution < 1.29 is 20.1 Å². The highest BCUT2D eigenvalue weighted by Gasteiger charge is 2.21. The molecule has 4 rings (SSSR count). The van der Waals surface area contributed by atoms with Crippen molar-refractivity contribution in [1.82, 2.24) is 20.2 Å². The van der Waals surface area contributed by atoms with E-state index in [1.165, 1.54) is 6.07 Å². The highest BCUT2D eigenvalue weighted by molar-refractivity contribution is 6.13. The molecule has 0 unspecified atom stereocenters. The topological polar surface area (TPSA) is 140 Å². The van der Waals surface area contributed by atoms with Crippen LogP contribution in [0.2, 0.25) is 0 Å². The van der Waals surface area contributed by atoms with Gasteiger partial charge in [-0.1, -0.05) is 6.07 Å². The highest BCUT2D eigenvalue weighted by Crippen LogP contribution is 2.40. The lowest BCUT2D eigenvalue weighted by molar-refractivity contribution is 0.0937. The van der Waals surface area contributed by atoms with E-state index in [1.807, 2.05) is 12.1 Å². The van der Waals surface area contributed by atoms with Crippen molar-refractivity contribution in [1.29, 1.82) is 0 Å². The Morgan fingerprint density at radius 2 is 1.82 bits per heavy atom. The van der Waals surface area contributed by atoms with Crippen LogP contribution in [0.1, 0.15) is 5.69 Å². The zero-order chi connectivity index (χ0) is 23.2. The molecule has 0 spiro atoms. The first-order chi connectivity index (χ1) is 16.2. The SMILES string of the molecule is O=c1cccc2c1c(O)c1c(NCCNCCO)ccc3c(CNCCOCCO)nn2c31. The van der Waals surface area contributed by atoms with Gasteiger partial charge in [0.1, 0.15) is 5.75 Å². The van der Waals surface area contributed by atoms with Crippen LogP contribution in [0.3, 0.4) is 0 Å². The molecule has 0 atom stereocenters. The van der Waals surface area contributed by atoms with Crippen molar-refractivity contribution in [2.45, 2.75) is 6.54 Å². The number of fused-ring (bicyclic) bond motifs is 2. The number of nitrogens with zero attached hydrogens (tertiary/aromatic N) is 2. The third-order valence-electron chi connectivity index (χ3n) is 5.48. The molecular formula is C23H29N5O5. The number of ether oxygens (including phenoxy) is 1. The summed E-state index contributed by atoms with van der Waals surface area (Å²) in [6, 6.07) is 8.73. The summed E-state index contributed by atoms with van der Waals surface area (Å²) in [5.41, 5.74) is 2.53. The number of hydrogen-bond acceptors (Lipinski definition) is 9. The van der Waals surface area contributed by atoms with Crippen LogP contribution >= 0.6 is 0 Å². The maximum atomic E-state index is 12.6. The van der Waals surface area contributed by atoms with Gasteiger partial charge in [0, 0.05) is 43.8 Å².